The Morgan fingerprint density at radius 2 is 2.07 bits per heavy atom. The van der Waals surface area contributed by atoms with E-state index in [0.29, 0.717) is 0 Å². The molecule has 1 aromatic carbocycles. The lowest BCUT2D eigenvalue weighted by Crippen LogP contribution is -2.32. The number of piperidine rings is 1. The molecule has 1 aromatic rings. The van der Waals surface area contributed by atoms with Crippen LogP contribution in [0.2, 0.25) is 0 Å². The predicted octanol–water partition coefficient (Wildman–Crippen LogP) is 2.26. The van der Waals surface area contributed by atoms with E-state index < -0.39 is 0 Å². The normalized spacial score (nSPS) is 29.9. The zero-order valence-corrected chi connectivity index (χ0v) is 8.32. The van der Waals surface area contributed by atoms with Crippen LogP contribution in [0.4, 0.5) is 11.4 Å². The van der Waals surface area contributed by atoms with Crippen LogP contribution in [0.15, 0.2) is 24.3 Å². The first-order chi connectivity index (χ1) is 6.84. The van der Waals surface area contributed by atoms with Crippen LogP contribution in [0, 0.1) is 5.92 Å². The summed E-state index contributed by atoms with van der Waals surface area (Å²) in [4.78, 5) is 2.50. The van der Waals surface area contributed by atoms with Crippen molar-refractivity contribution in [1.29, 1.82) is 0 Å². The summed E-state index contributed by atoms with van der Waals surface area (Å²) >= 11 is 0. The molecule has 74 valence electrons. The van der Waals surface area contributed by atoms with Gasteiger partial charge in [0.15, 0.2) is 0 Å². The molecule has 1 aliphatic carbocycles. The number of nitrogens with zero attached hydrogens (tertiary/aromatic N) is 1. The highest BCUT2D eigenvalue weighted by atomic mass is 15.2. The maximum Gasteiger partial charge on any atom is 0.0602 e. The molecule has 0 amide bonds. The minimum Gasteiger partial charge on any atom is -0.397 e. The molecule has 2 atom stereocenters. The molecule has 1 saturated carbocycles. The zero-order valence-electron chi connectivity index (χ0n) is 8.32. The molecule has 2 fully saturated rings. The Balaban J connectivity index is 1.93. The Morgan fingerprint density at radius 1 is 1.21 bits per heavy atom. The fourth-order valence-corrected chi connectivity index (χ4v) is 2.97. The Kier molecular flexibility index (Phi) is 1.69. The van der Waals surface area contributed by atoms with Crippen molar-refractivity contribution in [2.45, 2.75) is 25.3 Å². The minimum atomic E-state index is 0.768. The first-order valence-electron chi connectivity index (χ1n) is 5.46. The Bertz CT molecular complexity index is 348. The van der Waals surface area contributed by atoms with Crippen LogP contribution in [-0.4, -0.2) is 12.6 Å². The first-order valence-corrected chi connectivity index (χ1v) is 5.46. The van der Waals surface area contributed by atoms with Crippen molar-refractivity contribution < 1.29 is 0 Å². The number of benzene rings is 1. The summed E-state index contributed by atoms with van der Waals surface area (Å²) in [7, 11) is 0. The van der Waals surface area contributed by atoms with Crippen LogP contribution in [0.1, 0.15) is 19.3 Å². The summed E-state index contributed by atoms with van der Waals surface area (Å²) in [6.45, 7) is 1.22. The van der Waals surface area contributed by atoms with E-state index in [1.807, 2.05) is 12.1 Å². The summed E-state index contributed by atoms with van der Waals surface area (Å²) in [5.41, 5.74) is 8.17. The topological polar surface area (TPSA) is 29.3 Å². The summed E-state index contributed by atoms with van der Waals surface area (Å²) in [5.74, 6) is 0.930. The molecule has 2 heteroatoms. The summed E-state index contributed by atoms with van der Waals surface area (Å²) in [6.07, 6.45) is 4.17. The van der Waals surface area contributed by atoms with Crippen LogP contribution >= 0.6 is 0 Å². The smallest absolute Gasteiger partial charge is 0.0602 e. The number of hydrogen-bond donors (Lipinski definition) is 1. The van der Waals surface area contributed by atoms with Gasteiger partial charge in [-0.3, -0.25) is 0 Å². The van der Waals surface area contributed by atoms with Crippen LogP contribution < -0.4 is 10.6 Å². The van der Waals surface area contributed by atoms with Crippen LogP contribution in [-0.2, 0) is 0 Å². The Morgan fingerprint density at radius 3 is 2.71 bits per heavy atom. The third kappa shape index (κ3) is 1.10. The average Bonchev–Trinajstić information content (AvgIpc) is 2.79. The molecule has 0 radical (unpaired) electrons. The molecule has 3 rings (SSSR count). The van der Waals surface area contributed by atoms with E-state index in [1.165, 1.54) is 31.5 Å². The molecule has 0 spiro atoms. The number of para-hydroxylation sites is 2. The third-order valence-corrected chi connectivity index (χ3v) is 3.66. The van der Waals surface area contributed by atoms with E-state index >= 15 is 0 Å². The van der Waals surface area contributed by atoms with Crippen molar-refractivity contribution in [2.24, 2.45) is 5.92 Å². The largest absolute Gasteiger partial charge is 0.397 e. The molecule has 2 N–H and O–H groups in total. The van der Waals surface area contributed by atoms with Crippen LogP contribution in [0.5, 0.6) is 0 Å². The van der Waals surface area contributed by atoms with Crippen LogP contribution in [0.3, 0.4) is 0 Å². The van der Waals surface area contributed by atoms with E-state index in [9.17, 15) is 0 Å². The third-order valence-electron chi connectivity index (χ3n) is 3.66. The van der Waals surface area contributed by atoms with Gasteiger partial charge in [0.2, 0.25) is 0 Å². The van der Waals surface area contributed by atoms with Gasteiger partial charge >= 0.3 is 0 Å². The quantitative estimate of drug-likeness (QED) is 0.685. The van der Waals surface area contributed by atoms with E-state index in [0.717, 1.165) is 17.6 Å². The Hall–Kier alpha value is -1.18. The average molecular weight is 188 g/mol. The van der Waals surface area contributed by atoms with Gasteiger partial charge in [-0.1, -0.05) is 12.1 Å². The molecule has 0 aromatic heterocycles. The van der Waals surface area contributed by atoms with E-state index in [-0.39, 0.29) is 0 Å². The van der Waals surface area contributed by atoms with Crippen LogP contribution in [0.25, 0.3) is 0 Å². The molecule has 14 heavy (non-hydrogen) atoms. The molecule has 0 unspecified atom stereocenters. The number of hydrogen-bond acceptors (Lipinski definition) is 2. The highest BCUT2D eigenvalue weighted by Gasteiger charge is 2.38. The minimum absolute atomic E-state index is 0.768. The summed E-state index contributed by atoms with van der Waals surface area (Å²) in [6, 6.07) is 9.01. The maximum atomic E-state index is 5.99. The monoisotopic (exact) mass is 188 g/mol. The second kappa shape index (κ2) is 2.91. The maximum absolute atomic E-state index is 5.99. The van der Waals surface area contributed by atoms with Gasteiger partial charge in [-0.05, 0) is 37.3 Å². The molecular formula is C12H16N2. The van der Waals surface area contributed by atoms with Gasteiger partial charge in [-0.25, -0.2) is 0 Å². The van der Waals surface area contributed by atoms with Gasteiger partial charge in [0.25, 0.3) is 0 Å². The Labute approximate surface area is 84.7 Å². The molecule has 2 aliphatic rings. The highest BCUT2D eigenvalue weighted by Crippen LogP contribution is 2.41. The van der Waals surface area contributed by atoms with Gasteiger partial charge in [-0.2, -0.15) is 0 Å². The van der Waals surface area contributed by atoms with Crippen molar-refractivity contribution in [3.63, 3.8) is 0 Å². The molecular weight excluding hydrogens is 172 g/mol. The van der Waals surface area contributed by atoms with Crippen molar-refractivity contribution in [2.75, 3.05) is 17.2 Å². The predicted molar refractivity (Wildman–Crippen MR) is 59.3 cm³/mol. The number of anilines is 2. The summed E-state index contributed by atoms with van der Waals surface area (Å²) in [5, 5.41) is 0. The summed E-state index contributed by atoms with van der Waals surface area (Å²) < 4.78 is 0. The zero-order chi connectivity index (χ0) is 9.54. The lowest BCUT2D eigenvalue weighted by atomic mass is 10.1. The molecule has 1 saturated heterocycles. The lowest BCUT2D eigenvalue weighted by molar-refractivity contribution is 0.554. The SMILES string of the molecule is Nc1ccccc1N1C[C@H]2CC[C@H]1C2. The number of nitrogens with two attached hydrogens (primary N) is 1. The van der Waals surface area contributed by atoms with E-state index in [1.54, 1.807) is 0 Å². The van der Waals surface area contributed by atoms with E-state index in [4.69, 9.17) is 5.73 Å². The lowest BCUT2D eigenvalue weighted by Gasteiger charge is -2.30. The fraction of sp³-hybridized carbons (Fsp3) is 0.500. The molecule has 1 aliphatic heterocycles. The number of nitrogen functional groups attached to an aromatic ring is 1. The number of fused-ring (bicyclic) bond motifs is 2. The van der Waals surface area contributed by atoms with Gasteiger partial charge in [0.1, 0.15) is 0 Å². The van der Waals surface area contributed by atoms with Crippen molar-refractivity contribution >= 4 is 11.4 Å². The fourth-order valence-electron chi connectivity index (χ4n) is 2.97. The van der Waals surface area contributed by atoms with Gasteiger partial charge in [0, 0.05) is 12.6 Å². The molecule has 2 nitrogen and oxygen atoms in total. The van der Waals surface area contributed by atoms with Crippen molar-refractivity contribution in [3.05, 3.63) is 24.3 Å². The van der Waals surface area contributed by atoms with Gasteiger partial charge in [0.05, 0.1) is 11.4 Å². The van der Waals surface area contributed by atoms with Gasteiger partial charge < -0.3 is 10.6 Å². The second-order valence-corrected chi connectivity index (χ2v) is 4.54. The second-order valence-electron chi connectivity index (χ2n) is 4.54. The van der Waals surface area contributed by atoms with Crippen molar-refractivity contribution in [1.82, 2.24) is 0 Å². The first kappa shape index (κ1) is 8.16. The van der Waals surface area contributed by atoms with Crippen molar-refractivity contribution in [3.8, 4) is 0 Å². The highest BCUT2D eigenvalue weighted by molar-refractivity contribution is 5.68. The number of rotatable bonds is 1. The standard InChI is InChI=1S/C12H16N2/c13-11-3-1-2-4-12(11)14-8-9-5-6-10(14)7-9/h1-4,9-10H,5-8,13H2/t9-,10-/m0/s1. The molecule has 2 bridgehead atoms. The molecule has 1 heterocycles. The van der Waals surface area contributed by atoms with Gasteiger partial charge in [-0.15, -0.1) is 0 Å². The van der Waals surface area contributed by atoms with E-state index in [2.05, 4.69) is 17.0 Å².